The molecule has 0 aliphatic rings. The van der Waals surface area contributed by atoms with Crippen molar-refractivity contribution in [1.29, 1.82) is 0 Å². The van der Waals surface area contributed by atoms with E-state index in [0.717, 1.165) is 109 Å². The molecule has 0 heterocycles. The zero-order valence-electron chi connectivity index (χ0n) is 50.5. The van der Waals surface area contributed by atoms with Crippen LogP contribution >= 0.6 is 7.82 Å². The number of allylic oxidation sites excluding steroid dienone is 20. The Balaban J connectivity index is 4.81. The van der Waals surface area contributed by atoms with Crippen molar-refractivity contribution in [3.63, 3.8) is 0 Å². The maximum atomic E-state index is 12.9. The average molecular weight is 1140 g/mol. The van der Waals surface area contributed by atoms with Crippen molar-refractivity contribution in [2.75, 3.05) is 26.4 Å². The van der Waals surface area contributed by atoms with Gasteiger partial charge in [0.15, 0.2) is 6.10 Å². The topological polar surface area (TPSA) is 155 Å². The van der Waals surface area contributed by atoms with E-state index in [1.807, 2.05) is 12.2 Å². The predicted octanol–water partition coefficient (Wildman–Crippen LogP) is 19.1. The summed E-state index contributed by atoms with van der Waals surface area (Å²) in [5, 5.41) is 9.85. The summed E-state index contributed by atoms with van der Waals surface area (Å²) in [6.07, 6.45) is 75.9. The SMILES string of the molecule is CC/C=C\C/C=C\C/C=C\C/C=C\C/C=C\C/C=C\CCC(=O)OC(COC(=O)CCCCCCC/C=C\C/C=C\CCCCC)COP(=O)(O)OCC(CO)OC(=O)CCCCCCCCCCC/C=C\C/C=C\CCCCC. The Bertz CT molecular complexity index is 1800. The van der Waals surface area contributed by atoms with E-state index >= 15 is 0 Å². The van der Waals surface area contributed by atoms with E-state index in [1.165, 1.54) is 77.0 Å². The summed E-state index contributed by atoms with van der Waals surface area (Å²) in [6.45, 7) is 4.38. The minimum Gasteiger partial charge on any atom is -0.462 e. The fraction of sp³-hybridized carbons (Fsp3) is 0.662. The molecule has 0 saturated carbocycles. The smallest absolute Gasteiger partial charge is 0.462 e. The summed E-state index contributed by atoms with van der Waals surface area (Å²) >= 11 is 0. The molecule has 0 aliphatic carbocycles. The first kappa shape index (κ1) is 75.9. The van der Waals surface area contributed by atoms with Crippen molar-refractivity contribution in [3.8, 4) is 0 Å². The lowest BCUT2D eigenvalue weighted by Gasteiger charge is -2.21. The van der Waals surface area contributed by atoms with Gasteiger partial charge in [-0.2, -0.15) is 0 Å². The monoisotopic (exact) mass is 1140 g/mol. The molecule has 80 heavy (non-hydrogen) atoms. The zero-order valence-corrected chi connectivity index (χ0v) is 51.4. The van der Waals surface area contributed by atoms with E-state index in [1.54, 1.807) is 0 Å². The van der Waals surface area contributed by atoms with Gasteiger partial charge in [-0.05, 0) is 122 Å². The fourth-order valence-electron chi connectivity index (χ4n) is 8.09. The zero-order chi connectivity index (χ0) is 58.3. The first-order valence-corrected chi connectivity index (χ1v) is 32.9. The van der Waals surface area contributed by atoms with Gasteiger partial charge in [-0.3, -0.25) is 23.4 Å². The maximum absolute atomic E-state index is 12.9. The van der Waals surface area contributed by atoms with Gasteiger partial charge in [-0.25, -0.2) is 4.57 Å². The molecule has 0 aromatic heterocycles. The third-order valence-corrected chi connectivity index (χ3v) is 13.8. The molecule has 0 aliphatic heterocycles. The average Bonchev–Trinajstić information content (AvgIpc) is 3.45. The molecule has 11 nitrogen and oxygen atoms in total. The second kappa shape index (κ2) is 61.0. The van der Waals surface area contributed by atoms with Gasteiger partial charge < -0.3 is 24.2 Å². The molecule has 0 saturated heterocycles. The highest BCUT2D eigenvalue weighted by Gasteiger charge is 2.28. The van der Waals surface area contributed by atoms with Crippen LogP contribution in [-0.4, -0.2) is 66.5 Å². The van der Waals surface area contributed by atoms with E-state index in [0.29, 0.717) is 25.7 Å². The number of esters is 3. The van der Waals surface area contributed by atoms with Gasteiger partial charge in [0.25, 0.3) is 0 Å². The summed E-state index contributed by atoms with van der Waals surface area (Å²) in [7, 11) is -4.78. The fourth-order valence-corrected chi connectivity index (χ4v) is 8.87. The number of hydrogen-bond acceptors (Lipinski definition) is 10. The lowest BCUT2D eigenvalue weighted by Crippen LogP contribution is -2.30. The Labute approximate surface area is 487 Å². The summed E-state index contributed by atoms with van der Waals surface area (Å²) in [4.78, 5) is 48.7. The van der Waals surface area contributed by atoms with E-state index < -0.39 is 57.8 Å². The number of hydrogen-bond donors (Lipinski definition) is 2. The Kier molecular flexibility index (Phi) is 57.8. The van der Waals surface area contributed by atoms with Gasteiger partial charge >= 0.3 is 25.7 Å². The van der Waals surface area contributed by atoms with Gasteiger partial charge in [0.2, 0.25) is 0 Å². The molecule has 0 rings (SSSR count). The summed E-state index contributed by atoms with van der Waals surface area (Å²) in [5.41, 5.74) is 0. The number of rotatable bonds is 57. The van der Waals surface area contributed by atoms with E-state index in [4.69, 9.17) is 23.3 Å². The highest BCUT2D eigenvalue weighted by molar-refractivity contribution is 7.47. The molecular weight excluding hydrogens is 1020 g/mol. The van der Waals surface area contributed by atoms with Crippen LogP contribution in [0.1, 0.15) is 252 Å². The van der Waals surface area contributed by atoms with Crippen molar-refractivity contribution < 1.29 is 52.2 Å². The Morgan fingerprint density at radius 2 is 0.675 bits per heavy atom. The molecule has 0 radical (unpaired) electrons. The summed E-state index contributed by atoms with van der Waals surface area (Å²) < 4.78 is 39.5. The van der Waals surface area contributed by atoms with Crippen LogP contribution in [0, 0.1) is 0 Å². The molecule has 0 aromatic rings. The van der Waals surface area contributed by atoms with Crippen LogP contribution in [0.4, 0.5) is 0 Å². The molecule has 0 bridgehead atoms. The minimum absolute atomic E-state index is 0.0337. The number of ether oxygens (including phenoxy) is 3. The van der Waals surface area contributed by atoms with Crippen LogP contribution in [-0.2, 0) is 42.2 Å². The molecular formula is C68H113O11P. The van der Waals surface area contributed by atoms with E-state index in [-0.39, 0.29) is 25.9 Å². The van der Waals surface area contributed by atoms with Crippen molar-refractivity contribution in [3.05, 3.63) is 122 Å². The van der Waals surface area contributed by atoms with Crippen LogP contribution in [0.5, 0.6) is 0 Å². The Morgan fingerprint density at radius 1 is 0.362 bits per heavy atom. The standard InChI is InChI=1S/C68H113O11P/c1-4-7-10-13-16-19-22-25-28-30-32-34-37-40-43-46-49-52-55-58-67(71)78-64(60-69)62-76-80(73,74)77-63-65(61-75-66(70)57-54-51-48-45-42-39-36-27-24-21-18-15-12-9-6-3)79-68(72)59-56-53-50-47-44-41-38-35-33-31-29-26-23-20-17-14-11-8-5-2/h8,11,16-21,25-29,33,35-36,41,44,50,53,64-65,69H,4-7,9-10,12-15,22-24,30-32,34,37-40,42-43,45-49,51-52,54-63H2,1-3H3,(H,73,74)/b11-8-,19-16-,20-17-,21-18-,28-25-,29-26-,35-33-,36-27-,44-41-,53-50-. The molecule has 0 aromatic carbocycles. The first-order chi connectivity index (χ1) is 39.2. The van der Waals surface area contributed by atoms with Crippen molar-refractivity contribution in [2.45, 2.75) is 264 Å². The molecule has 0 fully saturated rings. The quantitative estimate of drug-likeness (QED) is 0.0197. The number of aliphatic hydroxyl groups excluding tert-OH is 1. The van der Waals surface area contributed by atoms with Gasteiger partial charge in [0.05, 0.1) is 19.8 Å². The van der Waals surface area contributed by atoms with Crippen molar-refractivity contribution in [2.24, 2.45) is 0 Å². The Morgan fingerprint density at radius 3 is 1.07 bits per heavy atom. The number of phosphoric ester groups is 1. The van der Waals surface area contributed by atoms with E-state index in [2.05, 4.69) is 130 Å². The molecule has 2 N–H and O–H groups in total. The first-order valence-electron chi connectivity index (χ1n) is 31.4. The molecule has 3 atom stereocenters. The Hall–Kier alpha value is -4.12. The molecule has 12 heteroatoms. The van der Waals surface area contributed by atoms with Crippen LogP contribution in [0.15, 0.2) is 122 Å². The van der Waals surface area contributed by atoms with Gasteiger partial charge in [-0.1, -0.05) is 232 Å². The van der Waals surface area contributed by atoms with Crippen molar-refractivity contribution >= 4 is 25.7 Å². The highest BCUT2D eigenvalue weighted by atomic mass is 31.2. The van der Waals surface area contributed by atoms with Crippen LogP contribution in [0.25, 0.3) is 0 Å². The second-order valence-electron chi connectivity index (χ2n) is 20.5. The minimum atomic E-state index is -4.78. The summed E-state index contributed by atoms with van der Waals surface area (Å²) in [6, 6.07) is 0. The van der Waals surface area contributed by atoms with Crippen LogP contribution < -0.4 is 0 Å². The number of carbonyl (C=O) groups excluding carboxylic acids is 3. The molecule has 456 valence electrons. The summed E-state index contributed by atoms with van der Waals surface area (Å²) in [5.74, 6) is -1.59. The number of carbonyl (C=O) groups is 3. The maximum Gasteiger partial charge on any atom is 0.472 e. The predicted molar refractivity (Wildman–Crippen MR) is 334 cm³/mol. The third kappa shape index (κ3) is 58.5. The second-order valence-corrected chi connectivity index (χ2v) is 21.9. The lowest BCUT2D eigenvalue weighted by atomic mass is 10.1. The molecule has 3 unspecified atom stereocenters. The van der Waals surface area contributed by atoms with E-state index in [9.17, 15) is 28.9 Å². The normalized spacial score (nSPS) is 14.1. The highest BCUT2D eigenvalue weighted by Crippen LogP contribution is 2.43. The lowest BCUT2D eigenvalue weighted by molar-refractivity contribution is -0.161. The largest absolute Gasteiger partial charge is 0.472 e. The van der Waals surface area contributed by atoms with Gasteiger partial charge in [0.1, 0.15) is 12.7 Å². The van der Waals surface area contributed by atoms with Crippen LogP contribution in [0.2, 0.25) is 0 Å². The number of phosphoric acid groups is 1. The number of aliphatic hydroxyl groups is 1. The van der Waals surface area contributed by atoms with Gasteiger partial charge in [0, 0.05) is 19.3 Å². The third-order valence-electron chi connectivity index (χ3n) is 12.9. The molecule has 0 amide bonds. The molecule has 0 spiro atoms. The van der Waals surface area contributed by atoms with Crippen molar-refractivity contribution in [1.82, 2.24) is 0 Å². The van der Waals surface area contributed by atoms with Gasteiger partial charge in [-0.15, -0.1) is 0 Å². The van der Waals surface area contributed by atoms with Crippen LogP contribution in [0.3, 0.4) is 0 Å². The number of unbranched alkanes of at least 4 members (excludes halogenated alkanes) is 20.